The van der Waals surface area contributed by atoms with E-state index in [1.807, 2.05) is 6.92 Å². The van der Waals surface area contributed by atoms with Gasteiger partial charge in [0.05, 0.1) is 0 Å². The van der Waals surface area contributed by atoms with Gasteiger partial charge in [0.2, 0.25) is 11.8 Å². The number of benzene rings is 1. The summed E-state index contributed by atoms with van der Waals surface area (Å²) in [5.74, 6) is 0.470. The first-order chi connectivity index (χ1) is 9.67. The number of amides is 2. The number of hydrogen-bond donors (Lipinski definition) is 3. The van der Waals surface area contributed by atoms with E-state index in [4.69, 9.17) is 0 Å². The molecule has 1 aliphatic rings. The van der Waals surface area contributed by atoms with Crippen molar-refractivity contribution in [3.63, 3.8) is 0 Å². The van der Waals surface area contributed by atoms with Crippen LogP contribution in [0.4, 0.5) is 11.4 Å². The lowest BCUT2D eigenvalue weighted by molar-refractivity contribution is -0.117. The molecule has 5 nitrogen and oxygen atoms in total. The Balaban J connectivity index is 0.00000220. The van der Waals surface area contributed by atoms with Crippen LogP contribution in [0.1, 0.15) is 26.2 Å². The molecule has 0 bridgehead atoms. The zero-order chi connectivity index (χ0) is 14.4. The molecule has 2 amide bonds. The zero-order valence-electron chi connectivity index (χ0n) is 12.1. The second-order valence-corrected chi connectivity index (χ2v) is 5.09. The van der Waals surface area contributed by atoms with Crippen LogP contribution < -0.4 is 16.0 Å². The predicted molar refractivity (Wildman–Crippen MR) is 86.8 cm³/mol. The maximum atomic E-state index is 11.9. The van der Waals surface area contributed by atoms with E-state index in [0.29, 0.717) is 18.8 Å². The van der Waals surface area contributed by atoms with Gasteiger partial charge in [-0.1, -0.05) is 6.92 Å². The summed E-state index contributed by atoms with van der Waals surface area (Å²) in [7, 11) is 0. The molecule has 3 N–H and O–H groups in total. The van der Waals surface area contributed by atoms with Crippen molar-refractivity contribution in [3.05, 3.63) is 24.3 Å². The normalized spacial score (nSPS) is 16.9. The Morgan fingerprint density at radius 1 is 1.14 bits per heavy atom. The molecule has 6 heteroatoms. The van der Waals surface area contributed by atoms with Crippen LogP contribution in [0.25, 0.3) is 0 Å². The highest BCUT2D eigenvalue weighted by Gasteiger charge is 2.17. The molecule has 0 aromatic heterocycles. The minimum atomic E-state index is -0.0180. The smallest absolute Gasteiger partial charge is 0.224 e. The van der Waals surface area contributed by atoms with E-state index in [-0.39, 0.29) is 24.2 Å². The highest BCUT2D eigenvalue weighted by molar-refractivity contribution is 5.92. The standard InChI is InChI=1S/C15H21N3O2.ClH/c1-2-14(19)17-12-3-5-13(6-4-12)18-15(20)9-11-7-8-16-10-11;/h3-6,11,16H,2,7-10H2,1H3,(H,17,19)(H,18,20);1H. The van der Waals surface area contributed by atoms with Crippen molar-refractivity contribution in [2.24, 2.45) is 5.92 Å². The molecule has 0 saturated carbocycles. The fraction of sp³-hybridized carbons (Fsp3) is 0.467. The molecule has 0 spiro atoms. The van der Waals surface area contributed by atoms with E-state index >= 15 is 0 Å². The van der Waals surface area contributed by atoms with Gasteiger partial charge < -0.3 is 16.0 Å². The minimum Gasteiger partial charge on any atom is -0.326 e. The monoisotopic (exact) mass is 311 g/mol. The van der Waals surface area contributed by atoms with Crippen LogP contribution in [0.3, 0.4) is 0 Å². The third-order valence-electron chi connectivity index (χ3n) is 3.41. The summed E-state index contributed by atoms with van der Waals surface area (Å²) in [5.41, 5.74) is 1.50. The molecule has 1 fully saturated rings. The summed E-state index contributed by atoms with van der Waals surface area (Å²) in [4.78, 5) is 23.1. The van der Waals surface area contributed by atoms with Gasteiger partial charge in [0, 0.05) is 24.2 Å². The van der Waals surface area contributed by atoms with E-state index in [0.717, 1.165) is 30.9 Å². The van der Waals surface area contributed by atoms with Crippen molar-refractivity contribution in [3.8, 4) is 0 Å². The van der Waals surface area contributed by atoms with Crippen LogP contribution in [0.2, 0.25) is 0 Å². The van der Waals surface area contributed by atoms with Crippen molar-refractivity contribution in [2.75, 3.05) is 23.7 Å². The summed E-state index contributed by atoms with van der Waals surface area (Å²) in [6, 6.07) is 7.19. The number of rotatable bonds is 5. The van der Waals surface area contributed by atoms with Gasteiger partial charge in [0.1, 0.15) is 0 Å². The van der Waals surface area contributed by atoms with E-state index in [1.54, 1.807) is 24.3 Å². The van der Waals surface area contributed by atoms with Gasteiger partial charge in [0.25, 0.3) is 0 Å². The van der Waals surface area contributed by atoms with Crippen LogP contribution in [-0.2, 0) is 9.59 Å². The maximum Gasteiger partial charge on any atom is 0.224 e. The molecule has 1 aliphatic heterocycles. The molecular formula is C15H22ClN3O2. The summed E-state index contributed by atoms with van der Waals surface area (Å²) in [6.07, 6.45) is 2.07. The third-order valence-corrected chi connectivity index (χ3v) is 3.41. The Morgan fingerprint density at radius 2 is 1.71 bits per heavy atom. The van der Waals surface area contributed by atoms with Gasteiger partial charge in [-0.25, -0.2) is 0 Å². The Hall–Kier alpha value is -1.59. The average Bonchev–Trinajstić information content (AvgIpc) is 2.93. The van der Waals surface area contributed by atoms with Crippen LogP contribution >= 0.6 is 12.4 Å². The minimum absolute atomic E-state index is 0. The summed E-state index contributed by atoms with van der Waals surface area (Å²) in [5, 5.41) is 8.91. The Kier molecular flexibility index (Phi) is 7.19. The number of hydrogen-bond acceptors (Lipinski definition) is 3. The number of carbonyl (C=O) groups excluding carboxylic acids is 2. The fourth-order valence-electron chi connectivity index (χ4n) is 2.25. The lowest BCUT2D eigenvalue weighted by atomic mass is 10.0. The molecule has 21 heavy (non-hydrogen) atoms. The highest BCUT2D eigenvalue weighted by Crippen LogP contribution is 2.16. The predicted octanol–water partition coefficient (Wildman–Crippen LogP) is 2.40. The van der Waals surface area contributed by atoms with Gasteiger partial charge in [0.15, 0.2) is 0 Å². The van der Waals surface area contributed by atoms with Crippen molar-refractivity contribution in [2.45, 2.75) is 26.2 Å². The lowest BCUT2D eigenvalue weighted by Gasteiger charge is -2.10. The van der Waals surface area contributed by atoms with E-state index in [2.05, 4.69) is 16.0 Å². The van der Waals surface area contributed by atoms with Gasteiger partial charge in [-0.2, -0.15) is 0 Å². The third kappa shape index (κ3) is 5.73. The molecule has 116 valence electrons. The van der Waals surface area contributed by atoms with Crippen LogP contribution in [0.15, 0.2) is 24.3 Å². The molecule has 1 aromatic rings. The molecule has 0 aliphatic carbocycles. The second-order valence-electron chi connectivity index (χ2n) is 5.09. The first-order valence-electron chi connectivity index (χ1n) is 7.08. The fourth-order valence-corrected chi connectivity index (χ4v) is 2.25. The van der Waals surface area contributed by atoms with Crippen LogP contribution in [-0.4, -0.2) is 24.9 Å². The SMILES string of the molecule is CCC(=O)Nc1ccc(NC(=O)CC2CCNC2)cc1.Cl. The maximum absolute atomic E-state index is 11.9. The van der Waals surface area contributed by atoms with Gasteiger partial charge >= 0.3 is 0 Å². The molecule has 2 rings (SSSR count). The summed E-state index contributed by atoms with van der Waals surface area (Å²) >= 11 is 0. The number of nitrogens with one attached hydrogen (secondary N) is 3. The lowest BCUT2D eigenvalue weighted by Crippen LogP contribution is -2.18. The van der Waals surface area contributed by atoms with E-state index in [1.165, 1.54) is 0 Å². The first-order valence-corrected chi connectivity index (χ1v) is 7.08. The van der Waals surface area contributed by atoms with Crippen LogP contribution in [0.5, 0.6) is 0 Å². The Labute approximate surface area is 131 Å². The molecule has 0 radical (unpaired) electrons. The van der Waals surface area contributed by atoms with Crippen molar-refractivity contribution in [1.82, 2.24) is 5.32 Å². The topological polar surface area (TPSA) is 70.2 Å². The van der Waals surface area contributed by atoms with E-state index in [9.17, 15) is 9.59 Å². The van der Waals surface area contributed by atoms with Gasteiger partial charge in [-0.3, -0.25) is 9.59 Å². The van der Waals surface area contributed by atoms with Crippen molar-refractivity contribution >= 4 is 35.6 Å². The van der Waals surface area contributed by atoms with Crippen LogP contribution in [0, 0.1) is 5.92 Å². The molecule has 1 atom stereocenters. The first kappa shape index (κ1) is 17.5. The molecular weight excluding hydrogens is 290 g/mol. The zero-order valence-corrected chi connectivity index (χ0v) is 13.0. The summed E-state index contributed by atoms with van der Waals surface area (Å²) in [6.45, 7) is 3.74. The largest absolute Gasteiger partial charge is 0.326 e. The molecule has 1 heterocycles. The molecule has 1 saturated heterocycles. The molecule has 1 aromatic carbocycles. The number of halogens is 1. The van der Waals surface area contributed by atoms with E-state index < -0.39 is 0 Å². The van der Waals surface area contributed by atoms with Gasteiger partial charge in [-0.05, 0) is 49.7 Å². The molecule has 1 unspecified atom stereocenters. The second kappa shape index (κ2) is 8.64. The summed E-state index contributed by atoms with van der Waals surface area (Å²) < 4.78 is 0. The van der Waals surface area contributed by atoms with Crippen molar-refractivity contribution < 1.29 is 9.59 Å². The number of anilines is 2. The Morgan fingerprint density at radius 3 is 2.19 bits per heavy atom. The number of carbonyl (C=O) groups is 2. The average molecular weight is 312 g/mol. The highest BCUT2D eigenvalue weighted by atomic mass is 35.5. The van der Waals surface area contributed by atoms with Gasteiger partial charge in [-0.15, -0.1) is 12.4 Å². The quantitative estimate of drug-likeness (QED) is 0.782. The Bertz CT molecular complexity index is 470. The van der Waals surface area contributed by atoms with Crippen molar-refractivity contribution in [1.29, 1.82) is 0 Å².